The summed E-state index contributed by atoms with van der Waals surface area (Å²) in [5.41, 5.74) is 6.83. The highest BCUT2D eigenvalue weighted by molar-refractivity contribution is 5.92. The molecule has 0 spiro atoms. The second kappa shape index (κ2) is 9.75. The number of nitrogens with two attached hydrogens (primary N) is 1. The normalized spacial score (nSPS) is 11.7. The second-order valence-corrected chi connectivity index (χ2v) is 7.31. The Morgan fingerprint density at radius 3 is 2.58 bits per heavy atom. The van der Waals surface area contributed by atoms with Crippen molar-refractivity contribution in [2.75, 3.05) is 17.7 Å². The molecule has 0 aliphatic heterocycles. The lowest BCUT2D eigenvalue weighted by Crippen LogP contribution is -2.40. The molecule has 0 saturated carbocycles. The van der Waals surface area contributed by atoms with Crippen molar-refractivity contribution in [1.82, 2.24) is 15.3 Å². The van der Waals surface area contributed by atoms with Gasteiger partial charge in [-0.1, -0.05) is 32.0 Å². The van der Waals surface area contributed by atoms with Gasteiger partial charge in [-0.15, -0.1) is 0 Å². The summed E-state index contributed by atoms with van der Waals surface area (Å²) in [4.78, 5) is 33.2. The highest BCUT2D eigenvalue weighted by Crippen LogP contribution is 2.22. The van der Waals surface area contributed by atoms with Crippen LogP contribution < -0.4 is 26.4 Å². The quantitative estimate of drug-likeness (QED) is 0.441. The molecule has 3 aromatic rings. The zero-order chi connectivity index (χ0) is 22.4. The van der Waals surface area contributed by atoms with E-state index in [2.05, 4.69) is 25.9 Å². The smallest absolute Gasteiger partial charge is 0.319 e. The summed E-state index contributed by atoms with van der Waals surface area (Å²) >= 11 is 0. The van der Waals surface area contributed by atoms with Crippen LogP contribution in [0.15, 0.2) is 48.5 Å². The van der Waals surface area contributed by atoms with Crippen molar-refractivity contribution in [3.8, 4) is 5.75 Å². The van der Waals surface area contributed by atoms with Crippen molar-refractivity contribution >= 4 is 34.3 Å². The van der Waals surface area contributed by atoms with Crippen LogP contribution in [0.5, 0.6) is 5.75 Å². The minimum Gasteiger partial charge on any atom is -0.497 e. The Kier molecular flexibility index (Phi) is 6.86. The van der Waals surface area contributed by atoms with Crippen LogP contribution in [-0.4, -0.2) is 35.1 Å². The zero-order valence-electron chi connectivity index (χ0n) is 17.7. The number of carbonyl (C=O) groups excluding carboxylic acids is 2. The number of aromatic nitrogens is 2. The Morgan fingerprint density at radius 1 is 1.10 bits per heavy atom. The minimum atomic E-state index is -0.588. The van der Waals surface area contributed by atoms with Gasteiger partial charge >= 0.3 is 6.03 Å². The van der Waals surface area contributed by atoms with E-state index < -0.39 is 18.0 Å². The first-order valence-corrected chi connectivity index (χ1v) is 9.87. The molecule has 0 fully saturated rings. The Balaban J connectivity index is 1.77. The van der Waals surface area contributed by atoms with Gasteiger partial charge < -0.3 is 26.4 Å². The van der Waals surface area contributed by atoms with Gasteiger partial charge in [-0.25, -0.2) is 14.8 Å². The fourth-order valence-corrected chi connectivity index (χ4v) is 3.06. The van der Waals surface area contributed by atoms with Gasteiger partial charge in [0.05, 0.1) is 19.2 Å². The maximum atomic E-state index is 12.3. The predicted octanol–water partition coefficient (Wildman–Crippen LogP) is 2.88. The van der Waals surface area contributed by atoms with Crippen LogP contribution >= 0.6 is 0 Å². The molecule has 1 heterocycles. The van der Waals surface area contributed by atoms with Crippen molar-refractivity contribution in [3.63, 3.8) is 0 Å². The van der Waals surface area contributed by atoms with Gasteiger partial charge in [0, 0.05) is 17.1 Å². The van der Waals surface area contributed by atoms with Crippen LogP contribution in [0.2, 0.25) is 0 Å². The molecule has 0 radical (unpaired) electrons. The van der Waals surface area contributed by atoms with E-state index in [9.17, 15) is 9.59 Å². The molecule has 5 N–H and O–H groups in total. The largest absolute Gasteiger partial charge is 0.497 e. The van der Waals surface area contributed by atoms with Crippen molar-refractivity contribution in [1.29, 1.82) is 0 Å². The molecule has 9 heteroatoms. The van der Waals surface area contributed by atoms with Gasteiger partial charge in [-0.2, -0.15) is 0 Å². The van der Waals surface area contributed by atoms with Crippen LogP contribution in [0.25, 0.3) is 10.9 Å². The molecule has 1 atom stereocenters. The topological polar surface area (TPSA) is 131 Å². The fourth-order valence-electron chi connectivity index (χ4n) is 3.06. The SMILES string of the molecule is COc1cccc(NC(=O)NCc2nc(N[C@H](C(N)=O)C(C)C)c3ccccc3n2)c1. The van der Waals surface area contributed by atoms with Crippen LogP contribution in [0, 0.1) is 5.92 Å². The van der Waals surface area contributed by atoms with Gasteiger partial charge in [-0.3, -0.25) is 4.79 Å². The summed E-state index contributed by atoms with van der Waals surface area (Å²) in [6.45, 7) is 3.90. The number of hydrogen-bond donors (Lipinski definition) is 4. The molecule has 0 saturated heterocycles. The standard InChI is InChI=1S/C22H26N6O3/c1-13(2)19(20(23)29)28-21-16-9-4-5-10-17(16)26-18(27-21)12-24-22(30)25-14-7-6-8-15(11-14)31-3/h4-11,13,19H,12H2,1-3H3,(H2,23,29)(H2,24,25,30)(H,26,27,28)/t19-/m0/s1. The van der Waals surface area contributed by atoms with E-state index in [-0.39, 0.29) is 12.5 Å². The number of nitrogens with one attached hydrogen (secondary N) is 3. The third kappa shape index (κ3) is 5.59. The lowest BCUT2D eigenvalue weighted by Gasteiger charge is -2.21. The van der Waals surface area contributed by atoms with E-state index in [0.717, 1.165) is 5.39 Å². The molecule has 3 rings (SSSR count). The Hall–Kier alpha value is -3.88. The average molecular weight is 422 g/mol. The van der Waals surface area contributed by atoms with Crippen LogP contribution in [0.1, 0.15) is 19.7 Å². The van der Waals surface area contributed by atoms with Crippen molar-refractivity contribution in [2.24, 2.45) is 11.7 Å². The van der Waals surface area contributed by atoms with Gasteiger partial charge in [0.2, 0.25) is 5.91 Å². The summed E-state index contributed by atoms with van der Waals surface area (Å²) in [5, 5.41) is 9.38. The molecule has 3 amide bonds. The molecule has 2 aromatic carbocycles. The predicted molar refractivity (Wildman–Crippen MR) is 120 cm³/mol. The number of methoxy groups -OCH3 is 1. The third-order valence-corrected chi connectivity index (χ3v) is 4.65. The molecule has 0 aliphatic carbocycles. The van der Waals surface area contributed by atoms with Gasteiger partial charge in [0.25, 0.3) is 0 Å². The van der Waals surface area contributed by atoms with E-state index in [4.69, 9.17) is 10.5 Å². The summed E-state index contributed by atoms with van der Waals surface area (Å²) in [7, 11) is 1.56. The molecule has 0 unspecified atom stereocenters. The number of carbonyl (C=O) groups is 2. The van der Waals surface area contributed by atoms with Crippen molar-refractivity contribution in [2.45, 2.75) is 26.4 Å². The molecule has 162 valence electrons. The monoisotopic (exact) mass is 422 g/mol. The Morgan fingerprint density at radius 2 is 1.87 bits per heavy atom. The molecule has 0 bridgehead atoms. The maximum Gasteiger partial charge on any atom is 0.319 e. The highest BCUT2D eigenvalue weighted by atomic mass is 16.5. The first-order chi connectivity index (χ1) is 14.9. The lowest BCUT2D eigenvalue weighted by molar-refractivity contribution is -0.119. The molecule has 0 aliphatic rings. The Bertz CT molecular complexity index is 1090. The molecule has 31 heavy (non-hydrogen) atoms. The third-order valence-electron chi connectivity index (χ3n) is 4.65. The first kappa shape index (κ1) is 21.8. The molecule has 1 aromatic heterocycles. The zero-order valence-corrected chi connectivity index (χ0v) is 17.7. The summed E-state index contributed by atoms with van der Waals surface area (Å²) < 4.78 is 5.15. The average Bonchev–Trinajstić information content (AvgIpc) is 2.75. The number of para-hydroxylation sites is 1. The highest BCUT2D eigenvalue weighted by Gasteiger charge is 2.21. The van der Waals surface area contributed by atoms with E-state index in [1.807, 2.05) is 38.1 Å². The number of hydrogen-bond acceptors (Lipinski definition) is 6. The number of anilines is 2. The second-order valence-electron chi connectivity index (χ2n) is 7.31. The molecule has 9 nitrogen and oxygen atoms in total. The fraction of sp³-hybridized carbons (Fsp3) is 0.273. The molecular weight excluding hydrogens is 396 g/mol. The van der Waals surface area contributed by atoms with E-state index in [0.29, 0.717) is 28.6 Å². The van der Waals surface area contributed by atoms with Crippen molar-refractivity contribution < 1.29 is 14.3 Å². The number of ether oxygens (including phenoxy) is 1. The number of urea groups is 1. The van der Waals surface area contributed by atoms with E-state index in [1.54, 1.807) is 31.4 Å². The van der Waals surface area contributed by atoms with E-state index in [1.165, 1.54) is 0 Å². The number of nitrogens with zero attached hydrogens (tertiary/aromatic N) is 2. The lowest BCUT2D eigenvalue weighted by atomic mass is 10.0. The number of fused-ring (bicyclic) bond motifs is 1. The summed E-state index contributed by atoms with van der Waals surface area (Å²) in [6, 6.07) is 13.5. The van der Waals surface area contributed by atoms with Crippen LogP contribution in [0.3, 0.4) is 0 Å². The Labute approximate surface area is 180 Å². The number of benzene rings is 2. The van der Waals surface area contributed by atoms with Crippen LogP contribution in [-0.2, 0) is 11.3 Å². The minimum absolute atomic E-state index is 0.0264. The number of amides is 3. The van der Waals surface area contributed by atoms with Gasteiger partial charge in [0.15, 0.2) is 5.82 Å². The van der Waals surface area contributed by atoms with Crippen LogP contribution in [0.4, 0.5) is 16.3 Å². The van der Waals surface area contributed by atoms with Gasteiger partial charge in [-0.05, 0) is 30.2 Å². The number of primary amides is 1. The summed E-state index contributed by atoms with van der Waals surface area (Å²) in [5.74, 6) is 1.04. The number of rotatable bonds is 8. The van der Waals surface area contributed by atoms with Gasteiger partial charge in [0.1, 0.15) is 17.6 Å². The van der Waals surface area contributed by atoms with Crippen molar-refractivity contribution in [3.05, 3.63) is 54.4 Å². The first-order valence-electron chi connectivity index (χ1n) is 9.87. The summed E-state index contributed by atoms with van der Waals surface area (Å²) in [6.07, 6.45) is 0. The van der Waals surface area contributed by atoms with E-state index >= 15 is 0 Å². The molecular formula is C22H26N6O3. The maximum absolute atomic E-state index is 12.3.